The fourth-order valence-corrected chi connectivity index (χ4v) is 1.77. The molecule has 1 aromatic rings. The van der Waals surface area contributed by atoms with Crippen LogP contribution in [0.2, 0.25) is 0 Å². The van der Waals surface area contributed by atoms with Gasteiger partial charge in [0.2, 0.25) is 0 Å². The Bertz CT molecular complexity index is 529. The van der Waals surface area contributed by atoms with E-state index >= 15 is 0 Å². The van der Waals surface area contributed by atoms with Crippen molar-refractivity contribution in [2.45, 2.75) is 18.6 Å². The lowest BCUT2D eigenvalue weighted by atomic mass is 9.98. The Kier molecular flexibility index (Phi) is 5.06. The number of aliphatic hydroxyl groups is 2. The first-order chi connectivity index (χ1) is 8.92. The largest absolute Gasteiger partial charge is 0.502 e. The normalized spacial score (nSPS) is 13.6. The van der Waals surface area contributed by atoms with Crippen molar-refractivity contribution in [1.29, 1.82) is 5.26 Å². The minimum absolute atomic E-state index is 0.0345. The number of hydrogen-bond donors (Lipinski definition) is 3. The Hall–Kier alpha value is -1.88. The van der Waals surface area contributed by atoms with Gasteiger partial charge in [0.15, 0.2) is 5.75 Å². The molecule has 0 amide bonds. The zero-order valence-electron chi connectivity index (χ0n) is 9.65. The molecule has 3 N–H and O–H groups in total. The summed E-state index contributed by atoms with van der Waals surface area (Å²) in [4.78, 5) is 9.86. The molecule has 0 saturated carbocycles. The molecule has 1 rings (SSSR count). The molecule has 8 heteroatoms. The molecular formula is C11H11ClN2O5. The minimum Gasteiger partial charge on any atom is -0.502 e. The number of phenols is 1. The van der Waals surface area contributed by atoms with E-state index in [1.165, 1.54) is 0 Å². The van der Waals surface area contributed by atoms with Crippen molar-refractivity contribution in [3.05, 3.63) is 33.4 Å². The number of halogens is 1. The van der Waals surface area contributed by atoms with Gasteiger partial charge in [-0.15, -0.1) is 11.6 Å². The molecule has 2 unspecified atom stereocenters. The van der Waals surface area contributed by atoms with Gasteiger partial charge in [-0.2, -0.15) is 5.26 Å². The molecule has 0 saturated heterocycles. The molecule has 102 valence electrons. The van der Waals surface area contributed by atoms with E-state index in [0.29, 0.717) is 0 Å². The fourth-order valence-electron chi connectivity index (χ4n) is 1.55. The number of nitro groups is 1. The first-order valence-corrected chi connectivity index (χ1v) is 5.79. The van der Waals surface area contributed by atoms with Crippen LogP contribution in [-0.4, -0.2) is 32.2 Å². The first kappa shape index (κ1) is 15.2. The number of nitrogens with zero attached hydrogens (tertiary/aromatic N) is 2. The molecule has 19 heavy (non-hydrogen) atoms. The molecule has 7 nitrogen and oxygen atoms in total. The van der Waals surface area contributed by atoms with Gasteiger partial charge in [0, 0.05) is 17.5 Å². The van der Waals surface area contributed by atoms with E-state index in [2.05, 4.69) is 0 Å². The number of aliphatic hydroxyl groups excluding tert-OH is 2. The summed E-state index contributed by atoms with van der Waals surface area (Å²) in [5, 5.41) is 48.6. The second-order valence-corrected chi connectivity index (χ2v) is 4.17. The Labute approximate surface area is 113 Å². The molecule has 0 heterocycles. The van der Waals surface area contributed by atoms with Crippen molar-refractivity contribution in [1.82, 2.24) is 0 Å². The van der Waals surface area contributed by atoms with Gasteiger partial charge in [0.25, 0.3) is 0 Å². The topological polar surface area (TPSA) is 128 Å². The van der Waals surface area contributed by atoms with Gasteiger partial charge < -0.3 is 15.3 Å². The van der Waals surface area contributed by atoms with Crippen molar-refractivity contribution >= 4 is 17.3 Å². The maximum atomic E-state index is 10.7. The summed E-state index contributed by atoms with van der Waals surface area (Å²) in [5.74, 6) is -0.705. The quantitative estimate of drug-likeness (QED) is 0.424. The molecule has 0 aliphatic rings. The summed E-state index contributed by atoms with van der Waals surface area (Å²) in [7, 11) is 0. The maximum Gasteiger partial charge on any atom is 0.312 e. The summed E-state index contributed by atoms with van der Waals surface area (Å²) < 4.78 is 0. The fraction of sp³-hybridized carbons (Fsp3) is 0.364. The molecular weight excluding hydrogens is 276 g/mol. The summed E-state index contributed by atoms with van der Waals surface area (Å²) in [6.45, 7) is 0. The third-order valence-corrected chi connectivity index (χ3v) is 2.75. The van der Waals surface area contributed by atoms with Crippen LogP contribution in [0.4, 0.5) is 5.69 Å². The highest BCUT2D eigenvalue weighted by Gasteiger charge is 2.27. The second-order valence-electron chi connectivity index (χ2n) is 3.79. The van der Waals surface area contributed by atoms with Gasteiger partial charge in [0.1, 0.15) is 6.10 Å². The van der Waals surface area contributed by atoms with Crippen molar-refractivity contribution in [2.75, 3.05) is 5.88 Å². The van der Waals surface area contributed by atoms with E-state index in [1.54, 1.807) is 6.07 Å². The average Bonchev–Trinajstić information content (AvgIpc) is 2.38. The SMILES string of the molecule is N#Cc1cc(C(O)C(O)CCCl)c(O)c([N+](=O)[O-])c1. The van der Waals surface area contributed by atoms with E-state index in [4.69, 9.17) is 16.9 Å². The predicted octanol–water partition coefficient (Wildman–Crippen LogP) is 1.20. The number of nitriles is 1. The van der Waals surface area contributed by atoms with Crippen LogP contribution in [0.25, 0.3) is 0 Å². The second kappa shape index (κ2) is 6.33. The lowest BCUT2D eigenvalue weighted by Crippen LogP contribution is -2.19. The molecule has 0 radical (unpaired) electrons. The lowest BCUT2D eigenvalue weighted by Gasteiger charge is -2.18. The highest BCUT2D eigenvalue weighted by molar-refractivity contribution is 6.17. The molecule has 0 bridgehead atoms. The van der Waals surface area contributed by atoms with Crippen molar-refractivity contribution in [3.8, 4) is 11.8 Å². The Morgan fingerprint density at radius 1 is 1.47 bits per heavy atom. The number of benzene rings is 1. The van der Waals surface area contributed by atoms with Crippen LogP contribution in [0.15, 0.2) is 12.1 Å². The van der Waals surface area contributed by atoms with Crippen LogP contribution in [0, 0.1) is 21.4 Å². The minimum atomic E-state index is -1.56. The van der Waals surface area contributed by atoms with Crippen LogP contribution >= 0.6 is 11.6 Å². The van der Waals surface area contributed by atoms with Gasteiger partial charge >= 0.3 is 5.69 Å². The van der Waals surface area contributed by atoms with Crippen molar-refractivity contribution < 1.29 is 20.2 Å². The smallest absolute Gasteiger partial charge is 0.312 e. The number of rotatable bonds is 5. The number of nitro benzene ring substituents is 1. The Morgan fingerprint density at radius 3 is 2.58 bits per heavy atom. The van der Waals surface area contributed by atoms with E-state index in [9.17, 15) is 25.4 Å². The zero-order chi connectivity index (χ0) is 14.6. The number of hydrogen-bond acceptors (Lipinski definition) is 6. The lowest BCUT2D eigenvalue weighted by molar-refractivity contribution is -0.386. The maximum absolute atomic E-state index is 10.7. The van der Waals surface area contributed by atoms with Gasteiger partial charge in [-0.1, -0.05) is 0 Å². The third-order valence-electron chi connectivity index (χ3n) is 2.53. The van der Waals surface area contributed by atoms with Gasteiger partial charge in [-0.05, 0) is 12.5 Å². The summed E-state index contributed by atoms with van der Waals surface area (Å²) in [6.07, 6.45) is -2.82. The Morgan fingerprint density at radius 2 is 2.11 bits per heavy atom. The predicted molar refractivity (Wildman–Crippen MR) is 65.8 cm³/mol. The van der Waals surface area contributed by atoms with Gasteiger partial charge in [-0.3, -0.25) is 10.1 Å². The Balaban J connectivity index is 3.30. The highest BCUT2D eigenvalue weighted by atomic mass is 35.5. The molecule has 2 atom stereocenters. The van der Waals surface area contributed by atoms with Crippen molar-refractivity contribution in [3.63, 3.8) is 0 Å². The van der Waals surface area contributed by atoms with E-state index in [0.717, 1.165) is 12.1 Å². The molecule has 0 aliphatic carbocycles. The zero-order valence-corrected chi connectivity index (χ0v) is 10.4. The summed E-state index contributed by atoms with van der Waals surface area (Å²) in [6, 6.07) is 3.66. The number of phenolic OH excluding ortho intramolecular Hbond substituents is 1. The van der Waals surface area contributed by atoms with E-state index < -0.39 is 28.6 Å². The summed E-state index contributed by atoms with van der Waals surface area (Å²) in [5.41, 5.74) is -1.08. The van der Waals surface area contributed by atoms with Crippen LogP contribution in [0.1, 0.15) is 23.7 Å². The van der Waals surface area contributed by atoms with Crippen LogP contribution in [0.3, 0.4) is 0 Å². The van der Waals surface area contributed by atoms with E-state index in [1.807, 2.05) is 0 Å². The van der Waals surface area contributed by atoms with Crippen LogP contribution < -0.4 is 0 Å². The molecule has 0 fully saturated rings. The number of aromatic hydroxyl groups is 1. The van der Waals surface area contributed by atoms with Gasteiger partial charge in [0.05, 0.1) is 22.7 Å². The standard InChI is InChI=1S/C11H11ClN2O5/c12-2-1-9(15)11(17)7-3-6(5-13)4-8(10(7)16)14(18)19/h3-4,9,11,15-17H,1-2H2. The molecule has 1 aromatic carbocycles. The first-order valence-electron chi connectivity index (χ1n) is 5.25. The monoisotopic (exact) mass is 286 g/mol. The molecule has 0 aliphatic heterocycles. The third kappa shape index (κ3) is 3.32. The highest BCUT2D eigenvalue weighted by Crippen LogP contribution is 2.36. The van der Waals surface area contributed by atoms with Crippen molar-refractivity contribution in [2.24, 2.45) is 0 Å². The van der Waals surface area contributed by atoms with Crippen LogP contribution in [-0.2, 0) is 0 Å². The summed E-state index contributed by atoms with van der Waals surface area (Å²) >= 11 is 5.41. The van der Waals surface area contributed by atoms with E-state index in [-0.39, 0.29) is 23.4 Å². The van der Waals surface area contributed by atoms with Crippen LogP contribution in [0.5, 0.6) is 5.75 Å². The molecule has 0 spiro atoms. The molecule has 0 aromatic heterocycles. The average molecular weight is 287 g/mol. The number of alkyl halides is 1. The van der Waals surface area contributed by atoms with Gasteiger partial charge in [-0.25, -0.2) is 0 Å².